The van der Waals surface area contributed by atoms with Gasteiger partial charge in [0.05, 0.1) is 17.9 Å². The molecule has 144 valence electrons. The van der Waals surface area contributed by atoms with Crippen LogP contribution in [-0.4, -0.2) is 22.0 Å². The van der Waals surface area contributed by atoms with Gasteiger partial charge < -0.3 is 4.74 Å². The summed E-state index contributed by atoms with van der Waals surface area (Å²) in [5.74, 6) is -3.88. The molecule has 0 saturated heterocycles. The Hall–Kier alpha value is -2.98. The van der Waals surface area contributed by atoms with Gasteiger partial charge in [-0.05, 0) is 36.8 Å². The van der Waals surface area contributed by atoms with E-state index in [9.17, 15) is 18.8 Å². The Morgan fingerprint density at radius 2 is 2.00 bits per heavy atom. The zero-order valence-corrected chi connectivity index (χ0v) is 15.9. The zero-order chi connectivity index (χ0) is 20.5. The molecule has 0 saturated carbocycles. The van der Waals surface area contributed by atoms with Crippen LogP contribution in [0.15, 0.2) is 36.4 Å². The Morgan fingerprint density at radius 1 is 1.32 bits per heavy atom. The van der Waals surface area contributed by atoms with Gasteiger partial charge in [0.2, 0.25) is 0 Å². The lowest BCUT2D eigenvalue weighted by Crippen LogP contribution is -2.12. The van der Waals surface area contributed by atoms with Crippen molar-refractivity contribution < 1.29 is 18.3 Å². The minimum Gasteiger partial charge on any atom is -0.462 e. The fraction of sp³-hybridized carbons (Fsp3) is 0.250. The standard InChI is InChI=1S/C20H16ClF2N3O2/c1-3-28-19(27)13-9-15(11-24)26-16(8-12-4-6-14(21)7-5-12)18(20(2,22)23)25-17(26)10-13/h4-7,9-10H,3,8H2,1-2H3. The Kier molecular flexibility index (Phi) is 5.34. The molecule has 2 heterocycles. The van der Waals surface area contributed by atoms with Gasteiger partial charge in [0.15, 0.2) is 0 Å². The molecule has 0 bridgehead atoms. The first kappa shape index (κ1) is 19.8. The van der Waals surface area contributed by atoms with Crippen LogP contribution in [0.2, 0.25) is 5.02 Å². The third kappa shape index (κ3) is 3.82. The number of benzene rings is 1. The van der Waals surface area contributed by atoms with Crippen LogP contribution >= 0.6 is 11.6 Å². The highest BCUT2D eigenvalue weighted by atomic mass is 35.5. The molecule has 0 aliphatic rings. The fourth-order valence-electron chi connectivity index (χ4n) is 2.96. The van der Waals surface area contributed by atoms with Crippen LogP contribution < -0.4 is 0 Å². The molecule has 0 unspecified atom stereocenters. The normalized spacial score (nSPS) is 11.4. The lowest BCUT2D eigenvalue weighted by atomic mass is 10.1. The lowest BCUT2D eigenvalue weighted by Gasteiger charge is -2.12. The van der Waals surface area contributed by atoms with Gasteiger partial charge in [-0.1, -0.05) is 23.7 Å². The summed E-state index contributed by atoms with van der Waals surface area (Å²) in [5.41, 5.74) is 0.654. The number of rotatable bonds is 5. The maximum Gasteiger partial charge on any atom is 0.338 e. The Bertz CT molecular complexity index is 1080. The topological polar surface area (TPSA) is 67.4 Å². The van der Waals surface area contributed by atoms with E-state index in [1.165, 1.54) is 16.5 Å². The first-order chi connectivity index (χ1) is 13.2. The van der Waals surface area contributed by atoms with Crippen molar-refractivity contribution in [3.8, 4) is 6.07 Å². The van der Waals surface area contributed by atoms with Gasteiger partial charge in [0.25, 0.3) is 5.92 Å². The van der Waals surface area contributed by atoms with E-state index in [0.717, 1.165) is 12.5 Å². The molecular weight excluding hydrogens is 388 g/mol. The molecule has 3 aromatic rings. The third-order valence-corrected chi connectivity index (χ3v) is 4.39. The molecule has 2 aromatic heterocycles. The maximum absolute atomic E-state index is 14.3. The van der Waals surface area contributed by atoms with Crippen molar-refractivity contribution in [2.24, 2.45) is 0 Å². The number of esters is 1. The molecule has 0 amide bonds. The number of carbonyl (C=O) groups is 1. The number of halogens is 3. The zero-order valence-electron chi connectivity index (χ0n) is 15.2. The second kappa shape index (κ2) is 7.56. The van der Waals surface area contributed by atoms with Gasteiger partial charge in [0, 0.05) is 18.4 Å². The summed E-state index contributed by atoms with van der Waals surface area (Å²) in [6, 6.07) is 11.4. The van der Waals surface area contributed by atoms with Crippen molar-refractivity contribution >= 4 is 23.2 Å². The number of pyridine rings is 1. The molecule has 0 fully saturated rings. The number of carbonyl (C=O) groups excluding carboxylic acids is 1. The van der Waals surface area contributed by atoms with Crippen LogP contribution in [0.3, 0.4) is 0 Å². The van der Waals surface area contributed by atoms with E-state index in [4.69, 9.17) is 16.3 Å². The van der Waals surface area contributed by atoms with Crippen LogP contribution in [-0.2, 0) is 17.1 Å². The summed E-state index contributed by atoms with van der Waals surface area (Å²) >= 11 is 5.89. The second-order valence-electron chi connectivity index (χ2n) is 6.25. The first-order valence-electron chi connectivity index (χ1n) is 8.50. The van der Waals surface area contributed by atoms with Gasteiger partial charge in [-0.25, -0.2) is 9.78 Å². The minimum absolute atomic E-state index is 0.0208. The molecule has 0 spiro atoms. The number of ether oxygens (including phenoxy) is 1. The summed E-state index contributed by atoms with van der Waals surface area (Å²) in [7, 11) is 0. The summed E-state index contributed by atoms with van der Waals surface area (Å²) in [5, 5.41) is 10.1. The fourth-order valence-corrected chi connectivity index (χ4v) is 3.08. The van der Waals surface area contributed by atoms with Crippen LogP contribution in [0.5, 0.6) is 0 Å². The van der Waals surface area contributed by atoms with E-state index in [2.05, 4.69) is 4.98 Å². The van der Waals surface area contributed by atoms with Gasteiger partial charge in [-0.2, -0.15) is 14.0 Å². The van der Waals surface area contributed by atoms with E-state index in [-0.39, 0.29) is 35.6 Å². The predicted molar refractivity (Wildman–Crippen MR) is 99.7 cm³/mol. The van der Waals surface area contributed by atoms with E-state index >= 15 is 0 Å². The van der Waals surface area contributed by atoms with E-state index in [0.29, 0.717) is 5.02 Å². The van der Waals surface area contributed by atoms with Crippen molar-refractivity contribution in [1.82, 2.24) is 9.38 Å². The number of fused-ring (bicyclic) bond motifs is 1. The van der Waals surface area contributed by atoms with Crippen LogP contribution in [0.4, 0.5) is 8.78 Å². The number of hydrogen-bond acceptors (Lipinski definition) is 4. The third-order valence-electron chi connectivity index (χ3n) is 4.14. The van der Waals surface area contributed by atoms with Crippen molar-refractivity contribution in [3.63, 3.8) is 0 Å². The highest BCUT2D eigenvalue weighted by molar-refractivity contribution is 6.30. The largest absolute Gasteiger partial charge is 0.462 e. The predicted octanol–water partition coefficient (Wildman–Crippen LogP) is 4.74. The molecule has 3 rings (SSSR count). The minimum atomic E-state index is -3.23. The Morgan fingerprint density at radius 3 is 2.57 bits per heavy atom. The smallest absolute Gasteiger partial charge is 0.338 e. The van der Waals surface area contributed by atoms with Crippen LogP contribution in [0.25, 0.3) is 5.65 Å². The average Bonchev–Trinajstić information content (AvgIpc) is 3.02. The van der Waals surface area contributed by atoms with Gasteiger partial charge in [0.1, 0.15) is 23.1 Å². The van der Waals surface area contributed by atoms with Crippen molar-refractivity contribution in [3.05, 3.63) is 69.6 Å². The number of hydrogen-bond donors (Lipinski definition) is 0. The van der Waals surface area contributed by atoms with Gasteiger partial charge in [-0.15, -0.1) is 0 Å². The maximum atomic E-state index is 14.3. The van der Waals surface area contributed by atoms with Gasteiger partial charge in [-0.3, -0.25) is 4.40 Å². The summed E-state index contributed by atoms with van der Waals surface area (Å²) < 4.78 is 34.8. The number of nitriles is 1. The van der Waals surface area contributed by atoms with Crippen LogP contribution in [0.1, 0.15) is 46.9 Å². The van der Waals surface area contributed by atoms with Gasteiger partial charge >= 0.3 is 5.97 Å². The van der Waals surface area contributed by atoms with Crippen molar-refractivity contribution in [2.45, 2.75) is 26.2 Å². The second-order valence-corrected chi connectivity index (χ2v) is 6.69. The Balaban J connectivity index is 2.23. The SMILES string of the molecule is CCOC(=O)c1cc(C#N)n2c(Cc3ccc(Cl)cc3)c(C(C)(F)F)nc2c1. The lowest BCUT2D eigenvalue weighted by molar-refractivity contribution is 0.0124. The molecule has 28 heavy (non-hydrogen) atoms. The summed E-state index contributed by atoms with van der Waals surface area (Å²) in [6.07, 6.45) is 0.116. The van der Waals surface area contributed by atoms with E-state index in [1.54, 1.807) is 31.2 Å². The highest BCUT2D eigenvalue weighted by Crippen LogP contribution is 2.32. The summed E-state index contributed by atoms with van der Waals surface area (Å²) in [6.45, 7) is 2.55. The number of alkyl halides is 2. The molecular formula is C20H16ClF2N3O2. The molecule has 8 heteroatoms. The molecule has 0 radical (unpaired) electrons. The van der Waals surface area contributed by atoms with E-state index < -0.39 is 17.6 Å². The molecule has 0 atom stereocenters. The van der Waals surface area contributed by atoms with E-state index in [1.807, 2.05) is 6.07 Å². The van der Waals surface area contributed by atoms with Crippen LogP contribution in [0, 0.1) is 11.3 Å². The average molecular weight is 404 g/mol. The quantitative estimate of drug-likeness (QED) is 0.577. The molecule has 0 aliphatic carbocycles. The molecule has 0 aliphatic heterocycles. The molecule has 5 nitrogen and oxygen atoms in total. The van der Waals surface area contributed by atoms with Crippen molar-refractivity contribution in [1.29, 1.82) is 5.26 Å². The first-order valence-corrected chi connectivity index (χ1v) is 8.87. The highest BCUT2D eigenvalue weighted by Gasteiger charge is 2.33. The van der Waals surface area contributed by atoms with Crippen molar-refractivity contribution in [2.75, 3.05) is 6.61 Å². The monoisotopic (exact) mass is 403 g/mol. The Labute approximate surface area is 165 Å². The summed E-state index contributed by atoms with van der Waals surface area (Å²) in [4.78, 5) is 16.1. The molecule has 0 N–H and O–H groups in total. The number of nitrogens with zero attached hydrogens (tertiary/aromatic N) is 3. The number of imidazole rings is 1. The number of aromatic nitrogens is 2. The molecule has 1 aromatic carbocycles.